The van der Waals surface area contributed by atoms with Gasteiger partial charge in [-0.05, 0) is 24.6 Å². The van der Waals surface area contributed by atoms with Crippen LogP contribution in [0.3, 0.4) is 0 Å². The first-order valence-corrected chi connectivity index (χ1v) is 6.70. The molecule has 0 saturated heterocycles. The van der Waals surface area contributed by atoms with E-state index in [1.807, 2.05) is 31.2 Å². The van der Waals surface area contributed by atoms with Crippen LogP contribution in [0.5, 0.6) is 0 Å². The van der Waals surface area contributed by atoms with Crippen molar-refractivity contribution >= 4 is 17.7 Å². The maximum atomic E-state index is 11.6. The predicted molar refractivity (Wildman–Crippen MR) is 82.9 cm³/mol. The van der Waals surface area contributed by atoms with Crippen molar-refractivity contribution in [2.75, 3.05) is 5.32 Å². The van der Waals surface area contributed by atoms with Gasteiger partial charge < -0.3 is 10.6 Å². The highest BCUT2D eigenvalue weighted by molar-refractivity contribution is 5.90. The molecule has 1 aromatic heterocycles. The van der Waals surface area contributed by atoms with Crippen molar-refractivity contribution in [1.29, 1.82) is 0 Å². The van der Waals surface area contributed by atoms with Crippen LogP contribution in [0.4, 0.5) is 15.3 Å². The molecule has 0 aliphatic heterocycles. The molecule has 0 bridgehead atoms. The summed E-state index contributed by atoms with van der Waals surface area (Å²) in [5.74, 6) is 0. The quantitative estimate of drug-likeness (QED) is 0.652. The molecule has 0 radical (unpaired) electrons. The zero-order valence-corrected chi connectivity index (χ0v) is 12.1. The molecule has 0 unspecified atom stereocenters. The number of hydrazine groups is 1. The summed E-state index contributed by atoms with van der Waals surface area (Å²) < 4.78 is 0. The van der Waals surface area contributed by atoms with Crippen molar-refractivity contribution in [1.82, 2.24) is 21.2 Å². The molecular formula is C15H17N5O2. The summed E-state index contributed by atoms with van der Waals surface area (Å²) >= 11 is 0. The van der Waals surface area contributed by atoms with Gasteiger partial charge in [0.15, 0.2) is 0 Å². The second-order valence-corrected chi connectivity index (χ2v) is 4.61. The second kappa shape index (κ2) is 7.63. The van der Waals surface area contributed by atoms with Crippen LogP contribution in [0, 0.1) is 6.92 Å². The summed E-state index contributed by atoms with van der Waals surface area (Å²) in [5, 5.41) is 5.19. The third-order valence-corrected chi connectivity index (χ3v) is 2.76. The van der Waals surface area contributed by atoms with E-state index in [-0.39, 0.29) is 0 Å². The first kappa shape index (κ1) is 15.3. The lowest BCUT2D eigenvalue weighted by atomic mass is 10.1. The number of anilines is 1. The van der Waals surface area contributed by atoms with Crippen molar-refractivity contribution in [3.05, 3.63) is 59.9 Å². The minimum atomic E-state index is -0.545. The fraction of sp³-hybridized carbons (Fsp3) is 0.133. The Morgan fingerprint density at radius 1 is 1.05 bits per heavy atom. The molecule has 0 spiro atoms. The van der Waals surface area contributed by atoms with Gasteiger partial charge in [0, 0.05) is 24.6 Å². The van der Waals surface area contributed by atoms with Crippen molar-refractivity contribution in [3.8, 4) is 0 Å². The van der Waals surface area contributed by atoms with Gasteiger partial charge in [-0.15, -0.1) is 0 Å². The maximum Gasteiger partial charge on any atom is 0.337 e. The number of aromatic nitrogens is 1. The summed E-state index contributed by atoms with van der Waals surface area (Å²) in [6.45, 7) is 2.36. The molecule has 0 atom stereocenters. The lowest BCUT2D eigenvalue weighted by Gasteiger charge is -2.10. The Balaban J connectivity index is 1.70. The molecule has 0 fully saturated rings. The first-order chi connectivity index (χ1) is 10.6. The molecule has 114 valence electrons. The standard InChI is InChI=1S/C15H17N5O2/c1-11-3-2-4-12(9-11)10-17-14(21)19-20-15(22)18-13-5-7-16-8-6-13/h2-9H,10H2,1H3,(H2,17,19,21)(H2,16,18,20,22). The highest BCUT2D eigenvalue weighted by Crippen LogP contribution is 2.03. The molecule has 0 aliphatic carbocycles. The number of pyridine rings is 1. The molecule has 1 heterocycles. The predicted octanol–water partition coefficient (Wildman–Crippen LogP) is 1.93. The molecule has 1 aromatic carbocycles. The molecule has 2 rings (SSSR count). The minimum Gasteiger partial charge on any atom is -0.333 e. The van der Waals surface area contributed by atoms with Crippen molar-refractivity contribution < 1.29 is 9.59 Å². The summed E-state index contributed by atoms with van der Waals surface area (Å²) in [7, 11) is 0. The molecule has 4 amide bonds. The Morgan fingerprint density at radius 2 is 1.77 bits per heavy atom. The van der Waals surface area contributed by atoms with Crippen LogP contribution in [0.15, 0.2) is 48.8 Å². The number of carbonyl (C=O) groups is 2. The maximum absolute atomic E-state index is 11.6. The fourth-order valence-electron chi connectivity index (χ4n) is 1.76. The van der Waals surface area contributed by atoms with Gasteiger partial charge in [0.2, 0.25) is 0 Å². The SMILES string of the molecule is Cc1cccc(CNC(=O)NNC(=O)Nc2ccncc2)c1. The third-order valence-electron chi connectivity index (χ3n) is 2.76. The van der Waals surface area contributed by atoms with Crippen LogP contribution in [-0.4, -0.2) is 17.0 Å². The van der Waals surface area contributed by atoms with Gasteiger partial charge in [-0.1, -0.05) is 29.8 Å². The highest BCUT2D eigenvalue weighted by atomic mass is 16.2. The Morgan fingerprint density at radius 3 is 2.50 bits per heavy atom. The second-order valence-electron chi connectivity index (χ2n) is 4.61. The topological polar surface area (TPSA) is 95.2 Å². The van der Waals surface area contributed by atoms with E-state index in [4.69, 9.17) is 0 Å². The smallest absolute Gasteiger partial charge is 0.333 e. The van der Waals surface area contributed by atoms with Gasteiger partial charge in [-0.3, -0.25) is 4.98 Å². The number of carbonyl (C=O) groups excluding carboxylic acids is 2. The van der Waals surface area contributed by atoms with E-state index in [1.54, 1.807) is 24.5 Å². The van der Waals surface area contributed by atoms with Crippen LogP contribution >= 0.6 is 0 Å². The molecule has 0 saturated carbocycles. The van der Waals surface area contributed by atoms with E-state index in [0.717, 1.165) is 11.1 Å². The van der Waals surface area contributed by atoms with Gasteiger partial charge in [0.1, 0.15) is 0 Å². The summed E-state index contributed by atoms with van der Waals surface area (Å²) in [6.07, 6.45) is 3.11. The van der Waals surface area contributed by atoms with Crippen molar-refractivity contribution in [3.63, 3.8) is 0 Å². The van der Waals surface area contributed by atoms with E-state index >= 15 is 0 Å². The molecule has 4 N–H and O–H groups in total. The summed E-state index contributed by atoms with van der Waals surface area (Å²) in [6, 6.07) is 10.0. The molecule has 0 aliphatic rings. The minimum absolute atomic E-state index is 0.376. The largest absolute Gasteiger partial charge is 0.337 e. The molecule has 2 aromatic rings. The van der Waals surface area contributed by atoms with Crippen LogP contribution in [-0.2, 0) is 6.54 Å². The number of nitrogens with one attached hydrogen (secondary N) is 4. The monoisotopic (exact) mass is 299 g/mol. The Labute approximate surface area is 128 Å². The zero-order valence-electron chi connectivity index (χ0n) is 12.1. The fourth-order valence-corrected chi connectivity index (χ4v) is 1.76. The van der Waals surface area contributed by atoms with E-state index in [9.17, 15) is 9.59 Å². The van der Waals surface area contributed by atoms with Crippen LogP contribution in [0.2, 0.25) is 0 Å². The Hall–Kier alpha value is -3.09. The van der Waals surface area contributed by atoms with Gasteiger partial charge in [-0.2, -0.15) is 0 Å². The lowest BCUT2D eigenvalue weighted by Crippen LogP contribution is -2.48. The lowest BCUT2D eigenvalue weighted by molar-refractivity contribution is 0.229. The van der Waals surface area contributed by atoms with Gasteiger partial charge in [0.05, 0.1) is 0 Å². The molecule has 22 heavy (non-hydrogen) atoms. The van der Waals surface area contributed by atoms with Gasteiger partial charge >= 0.3 is 12.1 Å². The van der Waals surface area contributed by atoms with E-state index in [1.165, 1.54) is 0 Å². The molecule has 7 nitrogen and oxygen atoms in total. The van der Waals surface area contributed by atoms with Gasteiger partial charge in [0.25, 0.3) is 0 Å². The first-order valence-electron chi connectivity index (χ1n) is 6.70. The van der Waals surface area contributed by atoms with Gasteiger partial charge in [-0.25, -0.2) is 20.4 Å². The Bertz CT molecular complexity index is 645. The van der Waals surface area contributed by atoms with E-state index in [2.05, 4.69) is 26.5 Å². The zero-order chi connectivity index (χ0) is 15.8. The molecular weight excluding hydrogens is 282 g/mol. The van der Waals surface area contributed by atoms with Crippen LogP contribution in [0.1, 0.15) is 11.1 Å². The van der Waals surface area contributed by atoms with Crippen molar-refractivity contribution in [2.24, 2.45) is 0 Å². The van der Waals surface area contributed by atoms with Crippen LogP contribution < -0.4 is 21.5 Å². The molecule has 7 heteroatoms. The number of aryl methyl sites for hydroxylation is 1. The van der Waals surface area contributed by atoms with E-state index in [0.29, 0.717) is 12.2 Å². The van der Waals surface area contributed by atoms with Crippen LogP contribution in [0.25, 0.3) is 0 Å². The number of amides is 4. The Kier molecular flexibility index (Phi) is 5.31. The third kappa shape index (κ3) is 5.12. The summed E-state index contributed by atoms with van der Waals surface area (Å²) in [5.41, 5.74) is 7.19. The number of benzene rings is 1. The average Bonchev–Trinajstić information content (AvgIpc) is 2.52. The van der Waals surface area contributed by atoms with E-state index < -0.39 is 12.1 Å². The normalized spacial score (nSPS) is 9.68. The average molecular weight is 299 g/mol. The number of rotatable bonds is 3. The number of hydrogen-bond acceptors (Lipinski definition) is 3. The highest BCUT2D eigenvalue weighted by Gasteiger charge is 2.04. The number of urea groups is 2. The summed E-state index contributed by atoms with van der Waals surface area (Å²) in [4.78, 5) is 27.0. The number of hydrogen-bond donors (Lipinski definition) is 4. The van der Waals surface area contributed by atoms with Crippen molar-refractivity contribution in [2.45, 2.75) is 13.5 Å². The number of nitrogens with zero attached hydrogens (tertiary/aromatic N) is 1.